The summed E-state index contributed by atoms with van der Waals surface area (Å²) in [6.07, 6.45) is 2.91. The molecule has 0 aliphatic heterocycles. The second-order valence-electron chi connectivity index (χ2n) is 7.30. The molecule has 0 saturated heterocycles. The molecule has 3 rings (SSSR count). The first-order valence-electron chi connectivity index (χ1n) is 9.90. The van der Waals surface area contributed by atoms with Crippen LogP contribution in [-0.4, -0.2) is 40.0 Å². The molecule has 154 valence electrons. The van der Waals surface area contributed by atoms with Gasteiger partial charge in [-0.2, -0.15) is 5.10 Å². The van der Waals surface area contributed by atoms with Crippen LogP contribution < -0.4 is 10.6 Å². The van der Waals surface area contributed by atoms with Gasteiger partial charge in [0.2, 0.25) is 0 Å². The molecule has 3 N–H and O–H groups in total. The normalized spacial score (nSPS) is 19.4. The third-order valence-corrected chi connectivity index (χ3v) is 5.13. The van der Waals surface area contributed by atoms with Crippen LogP contribution in [0.2, 0.25) is 0 Å². The zero-order chi connectivity index (χ0) is 19.2. The predicted molar refractivity (Wildman–Crippen MR) is 125 cm³/mol. The standard InChI is InChI=1S/C21H31N5O.HI/c1-4-22-21(24-14-18-9-7-11-20(18)27)23-13-17-8-5-6-10-19(17)26-16(3)12-15(2)25-26;/h5-6,8,10,12,18,20,27H,4,7,9,11,13-14H2,1-3H3,(H2,22,23,24);1H. The minimum atomic E-state index is -0.188. The Kier molecular flexibility index (Phi) is 8.75. The quantitative estimate of drug-likeness (QED) is 0.325. The van der Waals surface area contributed by atoms with Crippen LogP contribution in [0.25, 0.3) is 5.69 Å². The number of aliphatic hydroxyl groups excluding tert-OH is 1. The average Bonchev–Trinajstić information content (AvgIpc) is 3.22. The zero-order valence-corrected chi connectivity index (χ0v) is 19.3. The molecular weight excluding hydrogens is 465 g/mol. The number of aryl methyl sites for hydroxylation is 2. The van der Waals surface area contributed by atoms with E-state index in [1.165, 1.54) is 0 Å². The van der Waals surface area contributed by atoms with Crippen molar-refractivity contribution in [3.63, 3.8) is 0 Å². The molecular formula is C21H32IN5O. The van der Waals surface area contributed by atoms with E-state index in [1.54, 1.807) is 0 Å². The third-order valence-electron chi connectivity index (χ3n) is 5.13. The minimum Gasteiger partial charge on any atom is -0.393 e. The highest BCUT2D eigenvalue weighted by molar-refractivity contribution is 14.0. The van der Waals surface area contributed by atoms with E-state index in [0.717, 1.165) is 61.0 Å². The van der Waals surface area contributed by atoms with Gasteiger partial charge in [-0.05, 0) is 51.3 Å². The first-order chi connectivity index (χ1) is 13.1. The Morgan fingerprint density at radius 1 is 1.25 bits per heavy atom. The lowest BCUT2D eigenvalue weighted by atomic mass is 10.1. The molecule has 1 aromatic heterocycles. The van der Waals surface area contributed by atoms with Crippen LogP contribution in [0.15, 0.2) is 35.3 Å². The number of rotatable bonds is 6. The molecule has 7 heteroatoms. The van der Waals surface area contributed by atoms with Crippen molar-refractivity contribution in [1.82, 2.24) is 20.4 Å². The number of halogens is 1. The monoisotopic (exact) mass is 497 g/mol. The van der Waals surface area contributed by atoms with Crippen LogP contribution >= 0.6 is 24.0 Å². The number of guanidine groups is 1. The Bertz CT molecular complexity index is 789. The highest BCUT2D eigenvalue weighted by atomic mass is 127. The first-order valence-corrected chi connectivity index (χ1v) is 9.90. The molecule has 2 atom stereocenters. The summed E-state index contributed by atoms with van der Waals surface area (Å²) in [6.45, 7) is 8.26. The van der Waals surface area contributed by atoms with Crippen molar-refractivity contribution in [2.24, 2.45) is 10.9 Å². The first kappa shape index (κ1) is 22.7. The van der Waals surface area contributed by atoms with E-state index in [9.17, 15) is 5.11 Å². The van der Waals surface area contributed by atoms with Crippen LogP contribution in [0, 0.1) is 19.8 Å². The summed E-state index contributed by atoms with van der Waals surface area (Å²) >= 11 is 0. The van der Waals surface area contributed by atoms with E-state index in [1.807, 2.05) is 23.7 Å². The number of hydrogen-bond acceptors (Lipinski definition) is 3. The van der Waals surface area contributed by atoms with Gasteiger partial charge in [0.15, 0.2) is 5.96 Å². The Hall–Kier alpha value is -1.61. The van der Waals surface area contributed by atoms with Gasteiger partial charge in [-0.25, -0.2) is 9.67 Å². The van der Waals surface area contributed by atoms with E-state index in [4.69, 9.17) is 4.99 Å². The van der Waals surface area contributed by atoms with Crippen molar-refractivity contribution in [2.45, 2.75) is 52.7 Å². The van der Waals surface area contributed by atoms with E-state index >= 15 is 0 Å². The average molecular weight is 497 g/mol. The number of aromatic nitrogens is 2. The van der Waals surface area contributed by atoms with Gasteiger partial charge in [0.05, 0.1) is 24.0 Å². The molecule has 0 amide bonds. The van der Waals surface area contributed by atoms with Crippen LogP contribution in [0.3, 0.4) is 0 Å². The fraction of sp³-hybridized carbons (Fsp3) is 0.524. The second-order valence-corrected chi connectivity index (χ2v) is 7.30. The highest BCUT2D eigenvalue weighted by Gasteiger charge is 2.25. The maximum atomic E-state index is 10.0. The Morgan fingerprint density at radius 3 is 2.68 bits per heavy atom. The number of aliphatic hydroxyl groups is 1. The SMILES string of the molecule is CCNC(=NCc1ccccc1-n1nc(C)cc1C)NCC1CCCC1O.I. The Labute approximate surface area is 184 Å². The van der Waals surface area contributed by atoms with Crippen LogP contribution in [0.1, 0.15) is 43.1 Å². The van der Waals surface area contributed by atoms with Crippen molar-refractivity contribution >= 4 is 29.9 Å². The number of nitrogens with one attached hydrogen (secondary N) is 2. The summed E-state index contributed by atoms with van der Waals surface area (Å²) in [4.78, 5) is 4.76. The highest BCUT2D eigenvalue weighted by Crippen LogP contribution is 2.24. The van der Waals surface area contributed by atoms with Gasteiger partial charge in [0.1, 0.15) is 0 Å². The number of para-hydroxylation sites is 1. The number of hydrogen-bond donors (Lipinski definition) is 3. The predicted octanol–water partition coefficient (Wildman–Crippen LogP) is 3.32. The number of benzene rings is 1. The summed E-state index contributed by atoms with van der Waals surface area (Å²) in [5.74, 6) is 1.11. The van der Waals surface area contributed by atoms with Gasteiger partial charge in [-0.1, -0.05) is 24.6 Å². The molecule has 2 aromatic rings. The lowest BCUT2D eigenvalue weighted by Gasteiger charge is -2.18. The summed E-state index contributed by atoms with van der Waals surface area (Å²) in [5, 5.41) is 21.3. The lowest BCUT2D eigenvalue weighted by molar-refractivity contribution is 0.134. The molecule has 0 radical (unpaired) electrons. The molecule has 0 bridgehead atoms. The van der Waals surface area contributed by atoms with Crippen molar-refractivity contribution in [1.29, 1.82) is 0 Å². The summed E-state index contributed by atoms with van der Waals surface area (Å²) in [5.41, 5.74) is 4.32. The lowest BCUT2D eigenvalue weighted by Crippen LogP contribution is -2.41. The maximum Gasteiger partial charge on any atom is 0.191 e. The molecule has 28 heavy (non-hydrogen) atoms. The van der Waals surface area contributed by atoms with Crippen molar-refractivity contribution in [3.05, 3.63) is 47.3 Å². The number of aliphatic imine (C=N–C) groups is 1. The molecule has 1 heterocycles. The van der Waals surface area contributed by atoms with E-state index < -0.39 is 0 Å². The van der Waals surface area contributed by atoms with Crippen LogP contribution in [0.4, 0.5) is 0 Å². The largest absolute Gasteiger partial charge is 0.393 e. The minimum absolute atomic E-state index is 0. The molecule has 1 fully saturated rings. The van der Waals surface area contributed by atoms with Crippen LogP contribution in [-0.2, 0) is 6.54 Å². The van der Waals surface area contributed by atoms with Gasteiger partial charge in [-0.3, -0.25) is 0 Å². The van der Waals surface area contributed by atoms with Gasteiger partial charge in [-0.15, -0.1) is 24.0 Å². The zero-order valence-electron chi connectivity index (χ0n) is 17.0. The Morgan fingerprint density at radius 2 is 2.04 bits per heavy atom. The van der Waals surface area contributed by atoms with Gasteiger partial charge in [0.25, 0.3) is 0 Å². The van der Waals surface area contributed by atoms with Crippen molar-refractivity contribution in [2.75, 3.05) is 13.1 Å². The van der Waals surface area contributed by atoms with Crippen molar-refractivity contribution in [3.8, 4) is 5.69 Å². The molecule has 1 aliphatic rings. The topological polar surface area (TPSA) is 74.5 Å². The van der Waals surface area contributed by atoms with E-state index in [2.05, 4.69) is 47.8 Å². The van der Waals surface area contributed by atoms with E-state index in [0.29, 0.717) is 12.5 Å². The fourth-order valence-corrected chi connectivity index (χ4v) is 3.71. The smallest absolute Gasteiger partial charge is 0.191 e. The molecule has 2 unspecified atom stereocenters. The third kappa shape index (κ3) is 5.70. The summed E-state index contributed by atoms with van der Waals surface area (Å²) in [6, 6.07) is 10.3. The van der Waals surface area contributed by atoms with Crippen molar-refractivity contribution < 1.29 is 5.11 Å². The van der Waals surface area contributed by atoms with E-state index in [-0.39, 0.29) is 30.1 Å². The fourth-order valence-electron chi connectivity index (χ4n) is 3.71. The Balaban J connectivity index is 0.00000280. The summed E-state index contributed by atoms with van der Waals surface area (Å²) in [7, 11) is 0. The number of nitrogens with zero attached hydrogens (tertiary/aromatic N) is 3. The second kappa shape index (κ2) is 10.8. The maximum absolute atomic E-state index is 10.0. The molecule has 1 aromatic carbocycles. The summed E-state index contributed by atoms with van der Waals surface area (Å²) < 4.78 is 1.98. The van der Waals surface area contributed by atoms with Gasteiger partial charge >= 0.3 is 0 Å². The molecule has 1 saturated carbocycles. The van der Waals surface area contributed by atoms with Gasteiger partial charge < -0.3 is 15.7 Å². The molecule has 1 aliphatic carbocycles. The molecule has 0 spiro atoms. The van der Waals surface area contributed by atoms with Gasteiger partial charge in [0, 0.05) is 24.7 Å². The molecule has 6 nitrogen and oxygen atoms in total. The van der Waals surface area contributed by atoms with Crippen LogP contribution in [0.5, 0.6) is 0 Å².